The summed E-state index contributed by atoms with van der Waals surface area (Å²) in [5, 5.41) is 0. The van der Waals surface area contributed by atoms with Crippen molar-refractivity contribution in [3.05, 3.63) is 90.5 Å². The largest absolute Gasteiger partial charge is 0.357 e. The fourth-order valence-electron chi connectivity index (χ4n) is 3.39. The van der Waals surface area contributed by atoms with Gasteiger partial charge in [0, 0.05) is 10.6 Å². The summed E-state index contributed by atoms with van der Waals surface area (Å²) in [7, 11) is 0. The predicted octanol–water partition coefficient (Wildman–Crippen LogP) is 6.15. The minimum absolute atomic E-state index is 0.135. The lowest BCUT2D eigenvalue weighted by Gasteiger charge is -2.17. The highest BCUT2D eigenvalue weighted by Crippen LogP contribution is 2.57. The lowest BCUT2D eigenvalue weighted by atomic mass is 9.88. The van der Waals surface area contributed by atoms with Gasteiger partial charge in [-0.3, -0.25) is 0 Å². The average molecular weight is 346 g/mol. The molecule has 4 rings (SSSR count). The Balaban J connectivity index is 1.64. The zero-order valence-corrected chi connectivity index (χ0v) is 15.4. The third-order valence-electron chi connectivity index (χ3n) is 4.98. The summed E-state index contributed by atoms with van der Waals surface area (Å²) in [6, 6.07) is 29.9. The molecule has 3 aromatic carbocycles. The second kappa shape index (κ2) is 6.36. The minimum Gasteiger partial charge on any atom is -0.357 e. The van der Waals surface area contributed by atoms with Crippen molar-refractivity contribution < 1.29 is 4.74 Å². The van der Waals surface area contributed by atoms with Crippen molar-refractivity contribution in [1.29, 1.82) is 0 Å². The van der Waals surface area contributed by atoms with Crippen LogP contribution in [0.1, 0.15) is 19.4 Å². The summed E-state index contributed by atoms with van der Waals surface area (Å²) in [5.41, 5.74) is 3.40. The SMILES string of the molecule is CC1(C)OC1(CSc1ccccc1)c1cccc(-c2ccccc2)c1. The van der Waals surface area contributed by atoms with E-state index in [9.17, 15) is 0 Å². The topological polar surface area (TPSA) is 12.5 Å². The molecule has 1 atom stereocenters. The Labute approximate surface area is 154 Å². The smallest absolute Gasteiger partial charge is 0.132 e. The molecule has 0 aliphatic carbocycles. The van der Waals surface area contributed by atoms with Gasteiger partial charge in [-0.1, -0.05) is 66.7 Å². The standard InChI is InChI=1S/C23H22OS/c1-22(2)23(24-22,17-25-21-14-7-4-8-15-21)20-13-9-12-19(16-20)18-10-5-3-6-11-18/h3-16H,17H2,1-2H3. The zero-order valence-electron chi connectivity index (χ0n) is 14.6. The van der Waals surface area contributed by atoms with Crippen LogP contribution in [0.3, 0.4) is 0 Å². The van der Waals surface area contributed by atoms with Crippen molar-refractivity contribution in [2.45, 2.75) is 29.9 Å². The Morgan fingerprint density at radius 3 is 2.00 bits per heavy atom. The Morgan fingerprint density at radius 1 is 0.760 bits per heavy atom. The van der Waals surface area contributed by atoms with Gasteiger partial charge in [0.1, 0.15) is 5.60 Å². The molecule has 1 heterocycles. The third kappa shape index (κ3) is 3.12. The molecule has 0 saturated carbocycles. The van der Waals surface area contributed by atoms with E-state index in [-0.39, 0.29) is 11.2 Å². The number of ether oxygens (including phenoxy) is 1. The third-order valence-corrected chi connectivity index (χ3v) is 6.14. The van der Waals surface area contributed by atoms with Gasteiger partial charge < -0.3 is 4.74 Å². The molecule has 1 unspecified atom stereocenters. The maximum atomic E-state index is 6.27. The highest BCUT2D eigenvalue weighted by Gasteiger charge is 2.64. The predicted molar refractivity (Wildman–Crippen MR) is 106 cm³/mol. The monoisotopic (exact) mass is 346 g/mol. The first kappa shape index (κ1) is 16.4. The summed E-state index contributed by atoms with van der Waals surface area (Å²) >= 11 is 1.86. The normalized spacial score (nSPS) is 21.0. The van der Waals surface area contributed by atoms with Crippen LogP contribution in [0.15, 0.2) is 89.8 Å². The van der Waals surface area contributed by atoms with Gasteiger partial charge in [0.15, 0.2) is 0 Å². The molecule has 0 radical (unpaired) electrons. The van der Waals surface area contributed by atoms with E-state index in [4.69, 9.17) is 4.74 Å². The molecule has 1 nitrogen and oxygen atoms in total. The molecule has 1 fully saturated rings. The molecule has 0 aromatic heterocycles. The second-order valence-electron chi connectivity index (χ2n) is 6.99. The van der Waals surface area contributed by atoms with Crippen LogP contribution in [0, 0.1) is 0 Å². The molecule has 2 heteroatoms. The van der Waals surface area contributed by atoms with Gasteiger partial charge >= 0.3 is 0 Å². The van der Waals surface area contributed by atoms with E-state index in [0.717, 1.165) is 5.75 Å². The average Bonchev–Trinajstić information content (AvgIpc) is 3.24. The van der Waals surface area contributed by atoms with E-state index in [2.05, 4.69) is 98.8 Å². The van der Waals surface area contributed by atoms with Crippen molar-refractivity contribution in [1.82, 2.24) is 0 Å². The van der Waals surface area contributed by atoms with Crippen LogP contribution in [-0.2, 0) is 10.3 Å². The fourth-order valence-corrected chi connectivity index (χ4v) is 4.68. The lowest BCUT2D eigenvalue weighted by Crippen LogP contribution is -2.21. The van der Waals surface area contributed by atoms with Gasteiger partial charge in [-0.05, 0) is 48.7 Å². The molecular weight excluding hydrogens is 324 g/mol. The maximum Gasteiger partial charge on any atom is 0.132 e. The number of epoxide rings is 1. The molecule has 3 aromatic rings. The van der Waals surface area contributed by atoms with Gasteiger partial charge in [0.25, 0.3) is 0 Å². The van der Waals surface area contributed by atoms with Crippen molar-refractivity contribution in [3.8, 4) is 11.1 Å². The van der Waals surface area contributed by atoms with Crippen molar-refractivity contribution >= 4 is 11.8 Å². The molecule has 1 saturated heterocycles. The summed E-state index contributed by atoms with van der Waals surface area (Å²) in [5.74, 6) is 0.919. The number of rotatable bonds is 5. The Kier molecular flexibility index (Phi) is 4.18. The maximum absolute atomic E-state index is 6.27. The summed E-state index contributed by atoms with van der Waals surface area (Å²) in [6.45, 7) is 4.38. The fraction of sp³-hybridized carbons (Fsp3) is 0.217. The van der Waals surface area contributed by atoms with E-state index in [1.165, 1.54) is 21.6 Å². The lowest BCUT2D eigenvalue weighted by molar-refractivity contribution is 0.290. The summed E-state index contributed by atoms with van der Waals surface area (Å²) in [4.78, 5) is 1.28. The summed E-state index contributed by atoms with van der Waals surface area (Å²) < 4.78 is 6.27. The second-order valence-corrected chi connectivity index (χ2v) is 8.04. The van der Waals surface area contributed by atoms with E-state index < -0.39 is 0 Å². The van der Waals surface area contributed by atoms with Crippen LogP contribution in [0.4, 0.5) is 0 Å². The van der Waals surface area contributed by atoms with E-state index in [1.54, 1.807) is 0 Å². The summed E-state index contributed by atoms with van der Waals surface area (Å²) in [6.07, 6.45) is 0. The number of hydrogen-bond acceptors (Lipinski definition) is 2. The highest BCUT2D eigenvalue weighted by atomic mass is 32.2. The van der Waals surface area contributed by atoms with Gasteiger partial charge in [-0.25, -0.2) is 0 Å². The van der Waals surface area contributed by atoms with E-state index in [1.807, 2.05) is 11.8 Å². The first-order chi connectivity index (χ1) is 12.1. The molecular formula is C23H22OS. The number of hydrogen-bond donors (Lipinski definition) is 0. The van der Waals surface area contributed by atoms with Crippen molar-refractivity contribution in [3.63, 3.8) is 0 Å². The van der Waals surface area contributed by atoms with Crippen LogP contribution < -0.4 is 0 Å². The molecule has 126 valence electrons. The van der Waals surface area contributed by atoms with Gasteiger partial charge in [0.05, 0.1) is 5.60 Å². The Bertz CT molecular complexity index is 858. The van der Waals surface area contributed by atoms with Gasteiger partial charge in [-0.15, -0.1) is 11.8 Å². The van der Waals surface area contributed by atoms with Crippen molar-refractivity contribution in [2.24, 2.45) is 0 Å². The molecule has 1 aliphatic rings. The van der Waals surface area contributed by atoms with Crippen molar-refractivity contribution in [2.75, 3.05) is 5.75 Å². The first-order valence-electron chi connectivity index (χ1n) is 8.65. The molecule has 0 bridgehead atoms. The minimum atomic E-state index is -0.224. The molecule has 0 N–H and O–H groups in total. The van der Waals surface area contributed by atoms with E-state index in [0.29, 0.717) is 0 Å². The van der Waals surface area contributed by atoms with Crippen LogP contribution in [0.25, 0.3) is 11.1 Å². The Morgan fingerprint density at radius 2 is 1.36 bits per heavy atom. The van der Waals surface area contributed by atoms with Gasteiger partial charge in [0.2, 0.25) is 0 Å². The quantitative estimate of drug-likeness (QED) is 0.406. The zero-order chi connectivity index (χ0) is 17.3. The Hall–Kier alpha value is -2.03. The highest BCUT2D eigenvalue weighted by molar-refractivity contribution is 7.99. The number of thioether (sulfide) groups is 1. The van der Waals surface area contributed by atoms with Crippen LogP contribution >= 0.6 is 11.8 Å². The first-order valence-corrected chi connectivity index (χ1v) is 9.63. The van der Waals surface area contributed by atoms with Gasteiger partial charge in [-0.2, -0.15) is 0 Å². The molecule has 0 spiro atoms. The molecule has 0 amide bonds. The van der Waals surface area contributed by atoms with E-state index >= 15 is 0 Å². The van der Waals surface area contributed by atoms with Crippen LogP contribution in [-0.4, -0.2) is 11.4 Å². The van der Waals surface area contributed by atoms with Crippen LogP contribution in [0.5, 0.6) is 0 Å². The molecule has 1 aliphatic heterocycles. The van der Waals surface area contributed by atoms with Crippen LogP contribution in [0.2, 0.25) is 0 Å². The molecule has 25 heavy (non-hydrogen) atoms. The number of benzene rings is 3.